The number of amides is 1. The van der Waals surface area contributed by atoms with Crippen LogP contribution in [0.2, 0.25) is 0 Å². The lowest BCUT2D eigenvalue weighted by molar-refractivity contribution is -0.120. The summed E-state index contributed by atoms with van der Waals surface area (Å²) in [6.07, 6.45) is 4.59. The minimum Gasteiger partial charge on any atom is -0.361 e. The van der Waals surface area contributed by atoms with Crippen molar-refractivity contribution in [1.82, 2.24) is 15.5 Å². The number of rotatable bonds is 5. The van der Waals surface area contributed by atoms with Crippen molar-refractivity contribution in [2.24, 2.45) is 5.92 Å². The van der Waals surface area contributed by atoms with E-state index in [2.05, 4.69) is 27.3 Å². The molecule has 3 rings (SSSR count). The maximum absolute atomic E-state index is 12.1. The molecule has 1 saturated heterocycles. The van der Waals surface area contributed by atoms with Gasteiger partial charge < -0.3 is 14.7 Å². The Balaban J connectivity index is 1.51. The Labute approximate surface area is 148 Å². The molecule has 2 aromatic rings. The van der Waals surface area contributed by atoms with Crippen LogP contribution in [0.4, 0.5) is 5.82 Å². The van der Waals surface area contributed by atoms with E-state index in [4.69, 9.17) is 4.52 Å². The standard InChI is InChI=1S/C19H26N4O2/c1-13-6-8-23(9-7-13)18-5-4-16(11-20-18)12-21-19(24)10-17-14(2)22-25-15(17)3/h4-5,11,13H,6-10,12H2,1-3H3,(H,21,24). The molecule has 0 bridgehead atoms. The average Bonchev–Trinajstić information content (AvgIpc) is 2.93. The van der Waals surface area contributed by atoms with Crippen LogP contribution in [0.15, 0.2) is 22.9 Å². The van der Waals surface area contributed by atoms with Gasteiger partial charge in [0.15, 0.2) is 0 Å². The summed E-state index contributed by atoms with van der Waals surface area (Å²) in [5.41, 5.74) is 2.64. The van der Waals surface area contributed by atoms with Gasteiger partial charge in [0.05, 0.1) is 12.1 Å². The van der Waals surface area contributed by atoms with Crippen molar-refractivity contribution < 1.29 is 9.32 Å². The fraction of sp³-hybridized carbons (Fsp3) is 0.526. The zero-order valence-corrected chi connectivity index (χ0v) is 15.2. The summed E-state index contributed by atoms with van der Waals surface area (Å²) in [4.78, 5) is 19.0. The molecule has 0 spiro atoms. The Hall–Kier alpha value is -2.37. The molecule has 0 aliphatic carbocycles. The molecule has 0 saturated carbocycles. The first-order chi connectivity index (χ1) is 12.0. The third-order valence-electron chi connectivity index (χ3n) is 4.92. The van der Waals surface area contributed by atoms with Crippen LogP contribution in [0.25, 0.3) is 0 Å². The van der Waals surface area contributed by atoms with Gasteiger partial charge in [-0.3, -0.25) is 4.79 Å². The van der Waals surface area contributed by atoms with Crippen LogP contribution < -0.4 is 10.2 Å². The number of hydrogen-bond acceptors (Lipinski definition) is 5. The predicted molar refractivity (Wildman–Crippen MR) is 96.4 cm³/mol. The second-order valence-electron chi connectivity index (χ2n) is 6.95. The summed E-state index contributed by atoms with van der Waals surface area (Å²) in [6.45, 7) is 8.60. The maximum atomic E-state index is 12.1. The Morgan fingerprint density at radius 2 is 2.08 bits per heavy atom. The van der Waals surface area contributed by atoms with Crippen molar-refractivity contribution in [2.45, 2.75) is 46.6 Å². The van der Waals surface area contributed by atoms with E-state index in [9.17, 15) is 4.79 Å². The normalized spacial score (nSPS) is 15.4. The Bertz CT molecular complexity index is 696. The first kappa shape index (κ1) is 17.5. The molecule has 1 amide bonds. The van der Waals surface area contributed by atoms with Crippen LogP contribution in [0, 0.1) is 19.8 Å². The van der Waals surface area contributed by atoms with Crippen molar-refractivity contribution in [3.05, 3.63) is 40.9 Å². The van der Waals surface area contributed by atoms with Crippen LogP contribution in [-0.4, -0.2) is 29.1 Å². The summed E-state index contributed by atoms with van der Waals surface area (Å²) in [6, 6.07) is 4.09. The Morgan fingerprint density at radius 3 is 2.68 bits per heavy atom. The second-order valence-corrected chi connectivity index (χ2v) is 6.95. The van der Waals surface area contributed by atoms with Gasteiger partial charge in [0, 0.05) is 31.4 Å². The van der Waals surface area contributed by atoms with E-state index in [1.54, 1.807) is 0 Å². The largest absolute Gasteiger partial charge is 0.361 e. The molecule has 3 heterocycles. The number of carbonyl (C=O) groups is 1. The highest BCUT2D eigenvalue weighted by Crippen LogP contribution is 2.21. The molecule has 25 heavy (non-hydrogen) atoms. The summed E-state index contributed by atoms with van der Waals surface area (Å²) >= 11 is 0. The van der Waals surface area contributed by atoms with Crippen LogP contribution in [0.1, 0.15) is 42.3 Å². The molecule has 0 unspecified atom stereocenters. The minimum atomic E-state index is -0.0384. The predicted octanol–water partition coefficient (Wildman–Crippen LogP) is 2.78. The minimum absolute atomic E-state index is 0.0384. The van der Waals surface area contributed by atoms with Gasteiger partial charge in [-0.2, -0.15) is 0 Å². The number of pyridine rings is 1. The van der Waals surface area contributed by atoms with E-state index in [1.165, 1.54) is 12.8 Å². The highest BCUT2D eigenvalue weighted by molar-refractivity contribution is 5.79. The first-order valence-electron chi connectivity index (χ1n) is 8.91. The number of aryl methyl sites for hydroxylation is 2. The van der Waals surface area contributed by atoms with E-state index in [1.807, 2.05) is 32.2 Å². The molecule has 1 aliphatic rings. The number of nitrogens with one attached hydrogen (secondary N) is 1. The molecule has 134 valence electrons. The maximum Gasteiger partial charge on any atom is 0.224 e. The molecule has 1 fully saturated rings. The Kier molecular flexibility index (Phi) is 5.36. The number of hydrogen-bond donors (Lipinski definition) is 1. The van der Waals surface area contributed by atoms with Crippen molar-refractivity contribution in [1.29, 1.82) is 0 Å². The Morgan fingerprint density at radius 1 is 1.32 bits per heavy atom. The van der Waals surface area contributed by atoms with Crippen molar-refractivity contribution in [2.75, 3.05) is 18.0 Å². The van der Waals surface area contributed by atoms with Gasteiger partial charge in [-0.25, -0.2) is 4.98 Å². The van der Waals surface area contributed by atoms with Gasteiger partial charge in [0.2, 0.25) is 5.91 Å². The highest BCUT2D eigenvalue weighted by Gasteiger charge is 2.17. The number of nitrogens with zero attached hydrogens (tertiary/aromatic N) is 3. The molecule has 6 heteroatoms. The lowest BCUT2D eigenvalue weighted by atomic mass is 9.99. The van der Waals surface area contributed by atoms with E-state index in [0.717, 1.165) is 41.6 Å². The fourth-order valence-corrected chi connectivity index (χ4v) is 3.12. The molecule has 0 radical (unpaired) electrons. The molecule has 0 aromatic carbocycles. The SMILES string of the molecule is Cc1noc(C)c1CC(=O)NCc1ccc(N2CCC(C)CC2)nc1. The monoisotopic (exact) mass is 342 g/mol. The summed E-state index contributed by atoms with van der Waals surface area (Å²) in [7, 11) is 0. The average molecular weight is 342 g/mol. The van der Waals surface area contributed by atoms with Gasteiger partial charge in [0.25, 0.3) is 0 Å². The summed E-state index contributed by atoms with van der Waals surface area (Å²) in [5, 5.41) is 6.81. The molecule has 2 aromatic heterocycles. The first-order valence-corrected chi connectivity index (χ1v) is 8.91. The topological polar surface area (TPSA) is 71.3 Å². The fourth-order valence-electron chi connectivity index (χ4n) is 3.12. The molecular formula is C19H26N4O2. The smallest absolute Gasteiger partial charge is 0.224 e. The van der Waals surface area contributed by atoms with Crippen molar-refractivity contribution in [3.63, 3.8) is 0 Å². The lowest BCUT2D eigenvalue weighted by Gasteiger charge is -2.31. The third kappa shape index (κ3) is 4.38. The van der Waals surface area contributed by atoms with E-state index >= 15 is 0 Å². The number of carbonyl (C=O) groups excluding carboxylic acids is 1. The van der Waals surface area contributed by atoms with Crippen molar-refractivity contribution >= 4 is 11.7 Å². The zero-order valence-electron chi connectivity index (χ0n) is 15.2. The number of aromatic nitrogens is 2. The zero-order chi connectivity index (χ0) is 17.8. The van der Waals surface area contributed by atoms with Crippen LogP contribution >= 0.6 is 0 Å². The second kappa shape index (κ2) is 7.68. The highest BCUT2D eigenvalue weighted by atomic mass is 16.5. The lowest BCUT2D eigenvalue weighted by Crippen LogP contribution is -2.33. The van der Waals surface area contributed by atoms with Crippen LogP contribution in [-0.2, 0) is 17.8 Å². The van der Waals surface area contributed by atoms with Gasteiger partial charge in [-0.05, 0) is 44.2 Å². The summed E-state index contributed by atoms with van der Waals surface area (Å²) < 4.78 is 5.09. The van der Waals surface area contributed by atoms with Gasteiger partial charge >= 0.3 is 0 Å². The van der Waals surface area contributed by atoms with Gasteiger partial charge in [-0.1, -0.05) is 18.1 Å². The molecule has 1 aliphatic heterocycles. The van der Waals surface area contributed by atoms with E-state index in [-0.39, 0.29) is 5.91 Å². The quantitative estimate of drug-likeness (QED) is 0.905. The third-order valence-corrected chi connectivity index (χ3v) is 4.92. The van der Waals surface area contributed by atoms with E-state index < -0.39 is 0 Å². The van der Waals surface area contributed by atoms with Gasteiger partial charge in [0.1, 0.15) is 11.6 Å². The number of piperidine rings is 1. The van der Waals surface area contributed by atoms with E-state index in [0.29, 0.717) is 18.7 Å². The molecular weight excluding hydrogens is 316 g/mol. The molecule has 6 nitrogen and oxygen atoms in total. The van der Waals surface area contributed by atoms with Crippen molar-refractivity contribution in [3.8, 4) is 0 Å². The summed E-state index contributed by atoms with van der Waals surface area (Å²) in [5.74, 6) is 2.50. The van der Waals surface area contributed by atoms with Gasteiger partial charge in [-0.15, -0.1) is 0 Å². The number of anilines is 1. The molecule has 1 N–H and O–H groups in total. The van der Waals surface area contributed by atoms with Crippen LogP contribution in [0.3, 0.4) is 0 Å². The van der Waals surface area contributed by atoms with Crippen LogP contribution in [0.5, 0.6) is 0 Å². The molecule has 0 atom stereocenters.